The smallest absolute Gasteiger partial charge is 0.257 e. The van der Waals surface area contributed by atoms with Gasteiger partial charge in [0.25, 0.3) is 5.91 Å². The molecule has 0 atom stereocenters. The van der Waals surface area contributed by atoms with E-state index in [2.05, 4.69) is 15.5 Å². The minimum atomic E-state index is -0.328. The van der Waals surface area contributed by atoms with E-state index in [-0.39, 0.29) is 22.8 Å². The Kier molecular flexibility index (Phi) is 7.75. The molecule has 0 saturated carbocycles. The van der Waals surface area contributed by atoms with Gasteiger partial charge >= 0.3 is 0 Å². The van der Waals surface area contributed by atoms with Crippen LogP contribution in [0.4, 0.5) is 11.4 Å². The van der Waals surface area contributed by atoms with Crippen LogP contribution >= 0.6 is 35.4 Å². The highest BCUT2D eigenvalue weighted by Crippen LogP contribution is 2.30. The second kappa shape index (κ2) is 10.3. The van der Waals surface area contributed by atoms with Crippen LogP contribution in [0.2, 0.25) is 10.0 Å². The summed E-state index contributed by atoms with van der Waals surface area (Å²) in [6, 6.07) is 12.1. The molecular weight excluding hydrogens is 455 g/mol. The Morgan fingerprint density at radius 2 is 1.65 bits per heavy atom. The normalized spacial score (nSPS) is 13.8. The van der Waals surface area contributed by atoms with E-state index in [9.17, 15) is 9.59 Å². The highest BCUT2D eigenvalue weighted by atomic mass is 35.5. The average molecular weight is 479 g/mol. The zero-order valence-corrected chi connectivity index (χ0v) is 19.7. The first-order chi connectivity index (χ1) is 14.7. The number of nitrogens with zero attached hydrogens (tertiary/aromatic N) is 2. The molecule has 0 radical (unpaired) electrons. The van der Waals surface area contributed by atoms with Crippen molar-refractivity contribution in [1.29, 1.82) is 0 Å². The number of nitrogens with one attached hydrogen (secondary N) is 2. The van der Waals surface area contributed by atoms with Crippen molar-refractivity contribution in [2.24, 2.45) is 5.92 Å². The van der Waals surface area contributed by atoms with Crippen molar-refractivity contribution < 1.29 is 9.59 Å². The fourth-order valence-electron chi connectivity index (χ4n) is 3.31. The molecule has 0 aliphatic carbocycles. The lowest BCUT2D eigenvalue weighted by Crippen LogP contribution is -2.50. The van der Waals surface area contributed by atoms with Crippen LogP contribution < -0.4 is 15.5 Å². The third kappa shape index (κ3) is 6.09. The van der Waals surface area contributed by atoms with Crippen molar-refractivity contribution in [3.05, 3.63) is 58.1 Å². The van der Waals surface area contributed by atoms with Crippen molar-refractivity contribution in [2.45, 2.75) is 13.8 Å². The first kappa shape index (κ1) is 23.3. The van der Waals surface area contributed by atoms with Gasteiger partial charge in [0.05, 0.1) is 10.7 Å². The number of anilines is 2. The third-order valence-corrected chi connectivity index (χ3v) is 5.72. The van der Waals surface area contributed by atoms with E-state index in [0.717, 1.165) is 18.8 Å². The molecule has 1 saturated heterocycles. The number of piperazine rings is 1. The van der Waals surface area contributed by atoms with Crippen LogP contribution in [0.15, 0.2) is 42.5 Å². The maximum atomic E-state index is 12.3. The summed E-state index contributed by atoms with van der Waals surface area (Å²) in [5.41, 5.74) is 2.03. The first-order valence-corrected chi connectivity index (χ1v) is 11.1. The largest absolute Gasteiger partial charge is 0.367 e. The molecule has 1 heterocycles. The summed E-state index contributed by atoms with van der Waals surface area (Å²) in [5.74, 6) is -0.144. The van der Waals surface area contributed by atoms with Crippen LogP contribution in [0.1, 0.15) is 24.2 Å². The van der Waals surface area contributed by atoms with Gasteiger partial charge in [0.2, 0.25) is 5.91 Å². The minimum Gasteiger partial charge on any atom is -0.367 e. The van der Waals surface area contributed by atoms with E-state index in [4.69, 9.17) is 35.4 Å². The van der Waals surface area contributed by atoms with Gasteiger partial charge in [0.1, 0.15) is 0 Å². The van der Waals surface area contributed by atoms with Gasteiger partial charge in [-0.25, -0.2) is 0 Å². The molecule has 9 heteroatoms. The number of hydrogen-bond acceptors (Lipinski definition) is 4. The van der Waals surface area contributed by atoms with Crippen LogP contribution in [0, 0.1) is 5.92 Å². The van der Waals surface area contributed by atoms with Gasteiger partial charge in [0, 0.05) is 48.4 Å². The van der Waals surface area contributed by atoms with Crippen LogP contribution in [0.3, 0.4) is 0 Å². The number of hydrogen-bond donors (Lipinski definition) is 2. The number of carbonyl (C=O) groups is 2. The summed E-state index contributed by atoms with van der Waals surface area (Å²) in [5, 5.41) is 6.91. The topological polar surface area (TPSA) is 64.7 Å². The lowest BCUT2D eigenvalue weighted by molar-refractivity contribution is -0.134. The molecule has 2 aromatic carbocycles. The zero-order chi connectivity index (χ0) is 22.5. The summed E-state index contributed by atoms with van der Waals surface area (Å²) in [6.45, 7) is 6.63. The minimum absolute atomic E-state index is 0.00418. The quantitative estimate of drug-likeness (QED) is 0.636. The molecule has 1 aliphatic heterocycles. The highest BCUT2D eigenvalue weighted by Gasteiger charge is 2.24. The Bertz CT molecular complexity index is 974. The maximum Gasteiger partial charge on any atom is 0.257 e. The molecule has 2 amide bonds. The van der Waals surface area contributed by atoms with Gasteiger partial charge in [-0.2, -0.15) is 0 Å². The zero-order valence-electron chi connectivity index (χ0n) is 17.3. The molecule has 1 fully saturated rings. The van der Waals surface area contributed by atoms with E-state index in [1.807, 2.05) is 30.9 Å². The first-order valence-electron chi connectivity index (χ1n) is 9.96. The number of amides is 2. The van der Waals surface area contributed by atoms with E-state index >= 15 is 0 Å². The van der Waals surface area contributed by atoms with Crippen LogP contribution in [0.25, 0.3) is 0 Å². The molecule has 2 N–H and O–H groups in total. The monoisotopic (exact) mass is 478 g/mol. The fraction of sp³-hybridized carbons (Fsp3) is 0.318. The van der Waals surface area contributed by atoms with Gasteiger partial charge in [-0.1, -0.05) is 37.0 Å². The van der Waals surface area contributed by atoms with E-state index in [1.54, 1.807) is 30.3 Å². The summed E-state index contributed by atoms with van der Waals surface area (Å²) in [4.78, 5) is 28.5. The average Bonchev–Trinajstić information content (AvgIpc) is 2.73. The molecule has 0 spiro atoms. The fourth-order valence-corrected chi connectivity index (χ4v) is 3.95. The summed E-state index contributed by atoms with van der Waals surface area (Å²) < 4.78 is 0. The second-order valence-corrected chi connectivity index (χ2v) is 8.80. The lowest BCUT2D eigenvalue weighted by atomic mass is 10.1. The molecule has 0 bridgehead atoms. The van der Waals surface area contributed by atoms with Crippen molar-refractivity contribution >= 4 is 63.7 Å². The Hall–Kier alpha value is -2.35. The Balaban J connectivity index is 1.57. The molecule has 0 aromatic heterocycles. The van der Waals surface area contributed by atoms with Crippen molar-refractivity contribution in [1.82, 2.24) is 10.2 Å². The van der Waals surface area contributed by atoms with Crippen LogP contribution in [0.5, 0.6) is 0 Å². The van der Waals surface area contributed by atoms with Crippen molar-refractivity contribution in [3.63, 3.8) is 0 Å². The molecule has 2 aromatic rings. The Morgan fingerprint density at radius 1 is 1.00 bits per heavy atom. The molecule has 31 heavy (non-hydrogen) atoms. The number of benzene rings is 2. The summed E-state index contributed by atoms with van der Waals surface area (Å²) >= 11 is 17.6. The van der Waals surface area contributed by atoms with Crippen molar-refractivity contribution in [3.8, 4) is 0 Å². The van der Waals surface area contributed by atoms with Gasteiger partial charge in [-0.15, -0.1) is 0 Å². The van der Waals surface area contributed by atoms with Crippen LogP contribution in [-0.4, -0.2) is 48.0 Å². The molecule has 6 nitrogen and oxygen atoms in total. The number of rotatable bonds is 4. The van der Waals surface area contributed by atoms with Gasteiger partial charge < -0.3 is 15.1 Å². The van der Waals surface area contributed by atoms with Crippen LogP contribution in [-0.2, 0) is 4.79 Å². The van der Waals surface area contributed by atoms with E-state index < -0.39 is 0 Å². The van der Waals surface area contributed by atoms with E-state index in [1.165, 1.54) is 0 Å². The lowest BCUT2D eigenvalue weighted by Gasteiger charge is -2.37. The molecule has 3 rings (SSSR count). The highest BCUT2D eigenvalue weighted by molar-refractivity contribution is 7.80. The number of thiocarbonyl (C=S) groups is 1. The van der Waals surface area contributed by atoms with E-state index in [0.29, 0.717) is 34.4 Å². The molecular formula is C22H24Cl2N4O2S. The molecule has 0 unspecified atom stereocenters. The Morgan fingerprint density at radius 3 is 2.23 bits per heavy atom. The van der Waals surface area contributed by atoms with Gasteiger partial charge in [-0.3, -0.25) is 14.9 Å². The van der Waals surface area contributed by atoms with Crippen molar-refractivity contribution in [2.75, 3.05) is 36.4 Å². The second-order valence-electron chi connectivity index (χ2n) is 7.55. The SMILES string of the molecule is CC(C)C(=O)N1CCN(c2ccc(NC(=S)NC(=O)c3ccc(Cl)cc3)cc2Cl)CC1. The predicted octanol–water partition coefficient (Wildman–Crippen LogP) is 4.42. The molecule has 1 aliphatic rings. The summed E-state index contributed by atoms with van der Waals surface area (Å²) in [6.07, 6.45) is 0. The predicted molar refractivity (Wildman–Crippen MR) is 130 cm³/mol. The number of halogens is 2. The van der Waals surface area contributed by atoms with Gasteiger partial charge in [-0.05, 0) is 54.7 Å². The number of carbonyl (C=O) groups excluding carboxylic acids is 2. The third-order valence-electron chi connectivity index (χ3n) is 4.96. The van der Waals surface area contributed by atoms with Gasteiger partial charge in [0.15, 0.2) is 5.11 Å². The standard InChI is InChI=1S/C22H24Cl2N4O2S/c1-14(2)21(30)28-11-9-27(10-12-28)19-8-7-17(13-18(19)24)25-22(31)26-20(29)15-3-5-16(23)6-4-15/h3-8,13-14H,9-12H2,1-2H3,(H2,25,26,29,31). The molecule has 164 valence electrons. The Labute approximate surface area is 197 Å². The maximum absolute atomic E-state index is 12.3. The summed E-state index contributed by atoms with van der Waals surface area (Å²) in [7, 11) is 0.